The van der Waals surface area contributed by atoms with Gasteiger partial charge in [0.15, 0.2) is 11.6 Å². The first kappa shape index (κ1) is 46.0. The van der Waals surface area contributed by atoms with Gasteiger partial charge in [0.1, 0.15) is 0 Å². The van der Waals surface area contributed by atoms with Gasteiger partial charge in [-0.2, -0.15) is 0 Å². The molecule has 1 aliphatic rings. The van der Waals surface area contributed by atoms with Crippen LogP contribution in [0.3, 0.4) is 0 Å². The van der Waals surface area contributed by atoms with Crippen LogP contribution in [-0.2, 0) is 5.41 Å². The van der Waals surface area contributed by atoms with Crippen molar-refractivity contribution >= 4 is 17.1 Å². The molecule has 360 valence electrons. The van der Waals surface area contributed by atoms with Gasteiger partial charge in [0.25, 0.3) is 0 Å². The summed E-state index contributed by atoms with van der Waals surface area (Å²) in [5, 5.41) is 0. The van der Waals surface area contributed by atoms with E-state index in [-0.39, 0.29) is 0 Å². The standard InChI is InChI=1S/C71H51N5/c1-71(2)61-44-56(54-30-18-32-58(42-54)65-46-63(50-22-10-4-11-23-50)72-69(74-65)52-26-14-6-15-27-52)36-40-67(61)76(60-38-34-49(35-39-60)48-20-8-3-9-21-48)68-41-37-57(45-62(68)71)55-31-19-33-59(43-55)66-47-64(51-24-12-5-13-25-51)73-70(75-66)53-28-16-7-17-29-53/h3-47H,1-2H3. The lowest BCUT2D eigenvalue weighted by Gasteiger charge is -2.42. The second kappa shape index (κ2) is 19.5. The van der Waals surface area contributed by atoms with E-state index >= 15 is 0 Å². The van der Waals surface area contributed by atoms with Crippen LogP contribution >= 0.6 is 0 Å². The van der Waals surface area contributed by atoms with Crippen LogP contribution in [0.4, 0.5) is 17.1 Å². The van der Waals surface area contributed by atoms with Gasteiger partial charge in [0, 0.05) is 44.5 Å². The van der Waals surface area contributed by atoms with E-state index in [9.17, 15) is 0 Å². The average molecular weight is 974 g/mol. The van der Waals surface area contributed by atoms with Crippen LogP contribution < -0.4 is 4.90 Å². The normalized spacial score (nSPS) is 12.4. The highest BCUT2D eigenvalue weighted by Gasteiger charge is 2.37. The Morgan fingerprint density at radius 1 is 0.250 bits per heavy atom. The lowest BCUT2D eigenvalue weighted by molar-refractivity contribution is 0.632. The third-order valence-corrected chi connectivity index (χ3v) is 14.7. The monoisotopic (exact) mass is 973 g/mol. The molecule has 3 heterocycles. The summed E-state index contributed by atoms with van der Waals surface area (Å²) in [7, 11) is 0. The zero-order valence-corrected chi connectivity index (χ0v) is 42.2. The predicted octanol–water partition coefficient (Wildman–Crippen LogP) is 18.4. The molecule has 13 rings (SSSR count). The molecule has 0 fully saturated rings. The van der Waals surface area contributed by atoms with E-state index in [1.165, 1.54) is 22.3 Å². The van der Waals surface area contributed by atoms with E-state index in [1.54, 1.807) is 0 Å². The molecule has 76 heavy (non-hydrogen) atoms. The molecule has 10 aromatic carbocycles. The maximum atomic E-state index is 5.19. The maximum Gasteiger partial charge on any atom is 0.160 e. The molecule has 2 aromatic heterocycles. The molecule has 0 atom stereocenters. The summed E-state index contributed by atoms with van der Waals surface area (Å²) in [5.41, 5.74) is 22.0. The van der Waals surface area contributed by atoms with Gasteiger partial charge in [0.2, 0.25) is 0 Å². The van der Waals surface area contributed by atoms with Crippen molar-refractivity contribution < 1.29 is 0 Å². The van der Waals surface area contributed by atoms with E-state index in [2.05, 4.69) is 243 Å². The third kappa shape index (κ3) is 8.84. The fourth-order valence-corrected chi connectivity index (χ4v) is 10.7. The highest BCUT2D eigenvalue weighted by molar-refractivity contribution is 5.90. The van der Waals surface area contributed by atoms with Crippen molar-refractivity contribution in [3.8, 4) is 101 Å². The predicted molar refractivity (Wildman–Crippen MR) is 313 cm³/mol. The molecule has 5 nitrogen and oxygen atoms in total. The number of nitrogens with zero attached hydrogens (tertiary/aromatic N) is 5. The molecule has 0 saturated carbocycles. The molecule has 0 unspecified atom stereocenters. The van der Waals surface area contributed by atoms with Crippen LogP contribution in [0, 0.1) is 0 Å². The van der Waals surface area contributed by atoms with Crippen molar-refractivity contribution in [2.45, 2.75) is 19.3 Å². The molecule has 0 bridgehead atoms. The first-order valence-corrected chi connectivity index (χ1v) is 25.9. The van der Waals surface area contributed by atoms with E-state index in [0.29, 0.717) is 11.6 Å². The Morgan fingerprint density at radius 3 is 0.961 bits per heavy atom. The summed E-state index contributed by atoms with van der Waals surface area (Å²) in [4.78, 5) is 22.9. The van der Waals surface area contributed by atoms with Crippen molar-refractivity contribution in [1.29, 1.82) is 0 Å². The van der Waals surface area contributed by atoms with Gasteiger partial charge < -0.3 is 4.90 Å². The molecule has 0 saturated heterocycles. The topological polar surface area (TPSA) is 54.8 Å². The van der Waals surface area contributed by atoms with Gasteiger partial charge in [0.05, 0.1) is 34.2 Å². The molecular weight excluding hydrogens is 923 g/mol. The Kier molecular flexibility index (Phi) is 11.8. The number of benzene rings is 10. The number of hydrogen-bond donors (Lipinski definition) is 0. The largest absolute Gasteiger partial charge is 0.310 e. The summed E-state index contributed by atoms with van der Waals surface area (Å²) in [5.74, 6) is 1.39. The number of hydrogen-bond acceptors (Lipinski definition) is 5. The molecule has 5 heteroatoms. The Bertz CT molecular complexity index is 3710. The van der Waals surface area contributed by atoms with E-state index in [4.69, 9.17) is 19.9 Å². The van der Waals surface area contributed by atoms with Crippen molar-refractivity contribution in [3.05, 3.63) is 284 Å². The van der Waals surface area contributed by atoms with Gasteiger partial charge in [-0.25, -0.2) is 19.9 Å². The van der Waals surface area contributed by atoms with Crippen molar-refractivity contribution in [1.82, 2.24) is 19.9 Å². The van der Waals surface area contributed by atoms with Crippen molar-refractivity contribution in [2.24, 2.45) is 0 Å². The van der Waals surface area contributed by atoms with Gasteiger partial charge in [-0.3, -0.25) is 0 Å². The van der Waals surface area contributed by atoms with Crippen molar-refractivity contribution in [3.63, 3.8) is 0 Å². The zero-order valence-electron chi connectivity index (χ0n) is 42.2. The Morgan fingerprint density at radius 2 is 0.553 bits per heavy atom. The van der Waals surface area contributed by atoms with Gasteiger partial charge >= 0.3 is 0 Å². The summed E-state index contributed by atoms with van der Waals surface area (Å²) < 4.78 is 0. The second-order valence-electron chi connectivity index (χ2n) is 19.9. The Hall–Kier alpha value is -9.84. The Labute approximate surface area is 444 Å². The highest BCUT2D eigenvalue weighted by Crippen LogP contribution is 2.54. The molecule has 0 N–H and O–H groups in total. The summed E-state index contributed by atoms with van der Waals surface area (Å²) in [6, 6.07) is 96.5. The fraction of sp³-hybridized carbons (Fsp3) is 0.0423. The fourth-order valence-electron chi connectivity index (χ4n) is 10.7. The van der Waals surface area contributed by atoms with Gasteiger partial charge in [-0.05, 0) is 105 Å². The minimum atomic E-state index is -0.393. The van der Waals surface area contributed by atoms with Crippen LogP contribution in [-0.4, -0.2) is 19.9 Å². The third-order valence-electron chi connectivity index (χ3n) is 14.7. The SMILES string of the molecule is CC1(C)c2cc(-c3cccc(-c4cc(-c5ccccc5)nc(-c5ccccc5)n4)c3)ccc2N(c2ccc(-c3ccccc3)cc2)c2ccc(-c3cccc(-c4cc(-c5ccccc5)nc(-c5ccccc5)n4)c3)cc21. The molecule has 0 aliphatic carbocycles. The lowest BCUT2D eigenvalue weighted by Crippen LogP contribution is -2.30. The minimum absolute atomic E-state index is 0.393. The first-order chi connectivity index (χ1) is 37.4. The second-order valence-corrected chi connectivity index (χ2v) is 19.9. The van der Waals surface area contributed by atoms with Gasteiger partial charge in [-0.1, -0.05) is 226 Å². The van der Waals surface area contributed by atoms with Crippen LogP contribution in [0.25, 0.3) is 101 Å². The minimum Gasteiger partial charge on any atom is -0.310 e. The van der Waals surface area contributed by atoms with Gasteiger partial charge in [-0.15, -0.1) is 0 Å². The van der Waals surface area contributed by atoms with E-state index in [1.807, 2.05) is 48.5 Å². The molecule has 0 radical (unpaired) electrons. The summed E-state index contributed by atoms with van der Waals surface area (Å²) in [6.07, 6.45) is 0. The van der Waals surface area contributed by atoms with Crippen LogP contribution in [0.5, 0.6) is 0 Å². The van der Waals surface area contributed by atoms with Crippen LogP contribution in [0.2, 0.25) is 0 Å². The average Bonchev–Trinajstić information content (AvgIpc) is 3.60. The lowest BCUT2D eigenvalue weighted by atomic mass is 9.72. The zero-order chi connectivity index (χ0) is 51.0. The molecule has 0 amide bonds. The first-order valence-electron chi connectivity index (χ1n) is 25.9. The quantitative estimate of drug-likeness (QED) is 0.137. The maximum absolute atomic E-state index is 5.19. The molecule has 0 spiro atoms. The Balaban J connectivity index is 0.917. The summed E-state index contributed by atoms with van der Waals surface area (Å²) in [6.45, 7) is 4.74. The summed E-state index contributed by atoms with van der Waals surface area (Å²) >= 11 is 0. The van der Waals surface area contributed by atoms with Crippen molar-refractivity contribution in [2.75, 3.05) is 4.90 Å². The number of fused-ring (bicyclic) bond motifs is 2. The number of anilines is 3. The molecular formula is C71H51N5. The van der Waals surface area contributed by atoms with E-state index in [0.717, 1.165) is 95.5 Å². The number of aromatic nitrogens is 4. The van der Waals surface area contributed by atoms with Crippen LogP contribution in [0.15, 0.2) is 273 Å². The highest BCUT2D eigenvalue weighted by atomic mass is 15.2. The van der Waals surface area contributed by atoms with E-state index < -0.39 is 5.41 Å². The molecule has 1 aliphatic heterocycles. The smallest absolute Gasteiger partial charge is 0.160 e. The number of rotatable bonds is 10. The molecule has 12 aromatic rings. The van der Waals surface area contributed by atoms with Crippen LogP contribution in [0.1, 0.15) is 25.0 Å².